The van der Waals surface area contributed by atoms with Crippen LogP contribution < -0.4 is 10.2 Å². The monoisotopic (exact) mass is 479 g/mol. The van der Waals surface area contributed by atoms with Crippen molar-refractivity contribution in [2.24, 2.45) is 0 Å². The highest BCUT2D eigenvalue weighted by molar-refractivity contribution is 6.32. The highest BCUT2D eigenvalue weighted by atomic mass is 35.5. The molecule has 2 amide bonds. The number of methoxy groups -OCH3 is 1. The van der Waals surface area contributed by atoms with Crippen molar-refractivity contribution in [3.8, 4) is 0 Å². The SMILES string of the molecule is COCC1CN(c2ccc(C(F)(F)F)c(Cl)c2)C(=O)c2c(C(=O)Nc3cccnc3)cnn21. The second-order valence-electron chi connectivity index (χ2n) is 7.23. The van der Waals surface area contributed by atoms with E-state index in [1.54, 1.807) is 18.3 Å². The Hall–Kier alpha value is -3.44. The molecule has 0 spiro atoms. The number of fused-ring (bicyclic) bond motifs is 1. The molecular formula is C21H17ClF3N5O3. The van der Waals surface area contributed by atoms with Crippen LogP contribution in [0.5, 0.6) is 0 Å². The maximum absolute atomic E-state index is 13.4. The molecule has 0 radical (unpaired) electrons. The molecule has 0 saturated heterocycles. The van der Waals surface area contributed by atoms with E-state index in [0.717, 1.165) is 18.2 Å². The molecule has 33 heavy (non-hydrogen) atoms. The highest BCUT2D eigenvalue weighted by Crippen LogP contribution is 2.38. The Bertz CT molecular complexity index is 1200. The Balaban J connectivity index is 1.72. The third-order valence-electron chi connectivity index (χ3n) is 5.08. The molecule has 4 rings (SSSR count). The number of ether oxygens (including phenoxy) is 1. The van der Waals surface area contributed by atoms with Crippen molar-refractivity contribution in [1.29, 1.82) is 0 Å². The number of aromatic nitrogens is 3. The number of nitrogens with one attached hydrogen (secondary N) is 1. The smallest absolute Gasteiger partial charge is 0.382 e. The molecule has 12 heteroatoms. The van der Waals surface area contributed by atoms with E-state index in [0.29, 0.717) is 5.69 Å². The minimum Gasteiger partial charge on any atom is -0.382 e. The van der Waals surface area contributed by atoms with Crippen molar-refractivity contribution in [3.63, 3.8) is 0 Å². The molecule has 2 aromatic heterocycles. The Kier molecular flexibility index (Phi) is 6.09. The molecule has 3 aromatic rings. The number of halogens is 4. The number of nitrogens with zero attached hydrogens (tertiary/aromatic N) is 4. The first-order valence-corrected chi connectivity index (χ1v) is 10.0. The molecule has 0 saturated carbocycles. The molecule has 0 aliphatic carbocycles. The molecule has 0 bridgehead atoms. The topological polar surface area (TPSA) is 89.3 Å². The minimum atomic E-state index is -4.63. The zero-order valence-corrected chi connectivity index (χ0v) is 17.9. The molecule has 8 nitrogen and oxygen atoms in total. The average Bonchev–Trinajstić information content (AvgIpc) is 3.22. The molecule has 172 valence electrons. The summed E-state index contributed by atoms with van der Waals surface area (Å²) in [6.07, 6.45) is -0.371. The fourth-order valence-electron chi connectivity index (χ4n) is 3.59. The third-order valence-corrected chi connectivity index (χ3v) is 5.39. The largest absolute Gasteiger partial charge is 0.417 e. The summed E-state index contributed by atoms with van der Waals surface area (Å²) in [5.74, 6) is -1.19. The first-order chi connectivity index (χ1) is 15.7. The van der Waals surface area contributed by atoms with Gasteiger partial charge in [0.1, 0.15) is 5.69 Å². The highest BCUT2D eigenvalue weighted by Gasteiger charge is 2.38. The summed E-state index contributed by atoms with van der Waals surface area (Å²) in [6, 6.07) is 5.85. The summed E-state index contributed by atoms with van der Waals surface area (Å²) in [6.45, 7) is 0.212. The van der Waals surface area contributed by atoms with E-state index in [-0.39, 0.29) is 30.1 Å². The quantitative estimate of drug-likeness (QED) is 0.596. The molecule has 0 fully saturated rings. The number of carbonyl (C=O) groups excluding carboxylic acids is 2. The number of hydrogen-bond donors (Lipinski definition) is 1. The van der Waals surface area contributed by atoms with Crippen molar-refractivity contribution >= 4 is 34.8 Å². The van der Waals surface area contributed by atoms with Gasteiger partial charge in [0, 0.05) is 19.0 Å². The van der Waals surface area contributed by atoms with Crippen LogP contribution in [-0.4, -0.2) is 46.8 Å². The zero-order valence-electron chi connectivity index (χ0n) is 17.1. The summed E-state index contributed by atoms with van der Waals surface area (Å²) in [4.78, 5) is 31.4. The van der Waals surface area contributed by atoms with Crippen molar-refractivity contribution < 1.29 is 27.5 Å². The molecule has 1 aromatic carbocycles. The number of hydrogen-bond acceptors (Lipinski definition) is 5. The van der Waals surface area contributed by atoms with Crippen LogP contribution in [0.25, 0.3) is 0 Å². The van der Waals surface area contributed by atoms with Crippen LogP contribution in [0.15, 0.2) is 48.9 Å². The van der Waals surface area contributed by atoms with Gasteiger partial charge in [-0.1, -0.05) is 11.6 Å². The lowest BCUT2D eigenvalue weighted by Gasteiger charge is -2.34. The molecule has 3 heterocycles. The Morgan fingerprint density at radius 1 is 1.30 bits per heavy atom. The van der Waals surface area contributed by atoms with Gasteiger partial charge in [0.25, 0.3) is 11.8 Å². The minimum absolute atomic E-state index is 0.00710. The van der Waals surface area contributed by atoms with Gasteiger partial charge >= 0.3 is 6.18 Å². The lowest BCUT2D eigenvalue weighted by Crippen LogP contribution is -2.45. The van der Waals surface area contributed by atoms with E-state index in [1.165, 1.54) is 29.1 Å². The number of pyridine rings is 1. The predicted octanol–water partition coefficient (Wildman–Crippen LogP) is 4.05. The fourth-order valence-corrected chi connectivity index (χ4v) is 3.87. The average molecular weight is 480 g/mol. The zero-order chi connectivity index (χ0) is 23.8. The van der Waals surface area contributed by atoms with Crippen LogP contribution in [0.2, 0.25) is 5.02 Å². The van der Waals surface area contributed by atoms with Gasteiger partial charge in [0.15, 0.2) is 0 Å². The Labute approximate surface area is 190 Å². The van der Waals surface area contributed by atoms with Crippen LogP contribution in [0.1, 0.15) is 32.5 Å². The summed E-state index contributed by atoms with van der Waals surface area (Å²) in [5, 5.41) is 6.31. The number of benzene rings is 1. The van der Waals surface area contributed by atoms with E-state index in [4.69, 9.17) is 16.3 Å². The van der Waals surface area contributed by atoms with Gasteiger partial charge in [-0.25, -0.2) is 0 Å². The van der Waals surface area contributed by atoms with Gasteiger partial charge in [-0.05, 0) is 30.3 Å². The first kappa shape index (κ1) is 22.7. The Morgan fingerprint density at radius 3 is 2.73 bits per heavy atom. The van der Waals surface area contributed by atoms with Crippen molar-refractivity contribution in [2.45, 2.75) is 12.2 Å². The third kappa shape index (κ3) is 4.41. The molecule has 1 aliphatic heterocycles. The first-order valence-electron chi connectivity index (χ1n) is 9.67. The second-order valence-corrected chi connectivity index (χ2v) is 7.64. The predicted molar refractivity (Wildman–Crippen MR) is 113 cm³/mol. The van der Waals surface area contributed by atoms with Gasteiger partial charge in [0.2, 0.25) is 0 Å². The van der Waals surface area contributed by atoms with Gasteiger partial charge in [-0.15, -0.1) is 0 Å². The van der Waals surface area contributed by atoms with E-state index in [2.05, 4.69) is 15.4 Å². The lowest BCUT2D eigenvalue weighted by atomic mass is 10.1. The molecule has 1 atom stereocenters. The molecule has 1 N–H and O–H groups in total. The van der Waals surface area contributed by atoms with Gasteiger partial charge in [-0.3, -0.25) is 19.3 Å². The van der Waals surface area contributed by atoms with Gasteiger partial charge in [0.05, 0.1) is 53.4 Å². The number of anilines is 2. The summed E-state index contributed by atoms with van der Waals surface area (Å²) < 4.78 is 45.9. The maximum atomic E-state index is 13.4. The number of amides is 2. The van der Waals surface area contributed by atoms with E-state index < -0.39 is 34.6 Å². The molecule has 1 aliphatic rings. The van der Waals surface area contributed by atoms with Crippen LogP contribution in [0.4, 0.5) is 24.5 Å². The van der Waals surface area contributed by atoms with E-state index >= 15 is 0 Å². The van der Waals surface area contributed by atoms with Gasteiger partial charge in [-0.2, -0.15) is 18.3 Å². The van der Waals surface area contributed by atoms with Crippen LogP contribution in [0.3, 0.4) is 0 Å². The van der Waals surface area contributed by atoms with Gasteiger partial charge < -0.3 is 15.0 Å². The van der Waals surface area contributed by atoms with Crippen molar-refractivity contribution in [2.75, 3.05) is 30.5 Å². The van der Waals surface area contributed by atoms with Crippen LogP contribution in [0, 0.1) is 0 Å². The van der Waals surface area contributed by atoms with Crippen molar-refractivity contribution in [3.05, 3.63) is 70.8 Å². The number of alkyl halides is 3. The van der Waals surface area contributed by atoms with Crippen LogP contribution in [-0.2, 0) is 10.9 Å². The number of rotatable bonds is 5. The molecular weight excluding hydrogens is 463 g/mol. The normalized spacial score (nSPS) is 16.0. The molecule has 1 unspecified atom stereocenters. The number of carbonyl (C=O) groups is 2. The lowest BCUT2D eigenvalue weighted by molar-refractivity contribution is -0.137. The standard InChI is InChI=1S/C21H17ClF3N5O3/c1-33-11-14-10-29(13-4-5-16(17(22)7-13)21(23,24)25)20(32)18-15(9-27-30(14)18)19(31)28-12-3-2-6-26-8-12/h2-9,14H,10-11H2,1H3,(H,28,31). The second kappa shape index (κ2) is 8.83. The summed E-state index contributed by atoms with van der Waals surface area (Å²) in [7, 11) is 1.47. The fraction of sp³-hybridized carbons (Fsp3) is 0.238. The van der Waals surface area contributed by atoms with E-state index in [9.17, 15) is 22.8 Å². The van der Waals surface area contributed by atoms with Crippen molar-refractivity contribution in [1.82, 2.24) is 14.8 Å². The summed E-state index contributed by atoms with van der Waals surface area (Å²) >= 11 is 5.86. The Morgan fingerprint density at radius 2 is 2.09 bits per heavy atom. The van der Waals surface area contributed by atoms with E-state index in [1.807, 2.05) is 0 Å². The summed E-state index contributed by atoms with van der Waals surface area (Å²) in [5.41, 5.74) is -0.434. The maximum Gasteiger partial charge on any atom is 0.417 e. The van der Waals surface area contributed by atoms with Crippen LogP contribution >= 0.6 is 11.6 Å².